The van der Waals surface area contributed by atoms with Gasteiger partial charge in [-0.3, -0.25) is 14.4 Å². The Balaban J connectivity index is 1.47. The summed E-state index contributed by atoms with van der Waals surface area (Å²) >= 11 is 0. The number of aliphatic hydroxyl groups excluding tert-OH is 1. The Labute approximate surface area is 227 Å². The summed E-state index contributed by atoms with van der Waals surface area (Å²) in [4.78, 5) is 37.1. The molecule has 3 aromatic rings. The molecule has 0 unspecified atom stereocenters. The fraction of sp³-hybridized carbons (Fsp3) is 0.345. The van der Waals surface area contributed by atoms with Crippen LogP contribution in [0.5, 0.6) is 11.5 Å². The highest BCUT2D eigenvalue weighted by Gasteiger charge is 2.16. The van der Waals surface area contributed by atoms with E-state index in [1.807, 2.05) is 24.3 Å². The van der Waals surface area contributed by atoms with Gasteiger partial charge in [-0.2, -0.15) is 0 Å². The highest BCUT2D eigenvalue weighted by atomic mass is 16.5. The van der Waals surface area contributed by atoms with Gasteiger partial charge in [0.25, 0.3) is 5.91 Å². The molecule has 3 amide bonds. The highest BCUT2D eigenvalue weighted by Crippen LogP contribution is 2.26. The maximum atomic E-state index is 12.9. The maximum Gasteiger partial charge on any atom is 0.255 e. The smallest absolute Gasteiger partial charge is 0.255 e. The molecule has 0 radical (unpaired) electrons. The van der Waals surface area contributed by atoms with E-state index in [9.17, 15) is 19.5 Å². The summed E-state index contributed by atoms with van der Waals surface area (Å²) in [5, 5.41) is 28.0. The van der Waals surface area contributed by atoms with Crippen molar-refractivity contribution in [2.75, 3.05) is 32.8 Å². The number of fused-ring (bicyclic) bond motifs is 1. The van der Waals surface area contributed by atoms with Gasteiger partial charge in [0.2, 0.25) is 11.8 Å². The van der Waals surface area contributed by atoms with Gasteiger partial charge in [-0.1, -0.05) is 36.4 Å². The van der Waals surface area contributed by atoms with Crippen molar-refractivity contribution in [1.29, 1.82) is 0 Å². The number of hydrogen-bond acceptors (Lipinski definition) is 7. The predicted octanol–water partition coefficient (Wildman–Crippen LogP) is 1.62. The normalized spacial score (nSPS) is 11.5. The number of aliphatic hydroxyl groups is 1. The van der Waals surface area contributed by atoms with Crippen molar-refractivity contribution in [3.63, 3.8) is 0 Å². The van der Waals surface area contributed by atoms with Crippen molar-refractivity contribution < 1.29 is 29.3 Å². The molecule has 7 N–H and O–H groups in total. The van der Waals surface area contributed by atoms with Crippen LogP contribution in [0.3, 0.4) is 0 Å². The summed E-state index contributed by atoms with van der Waals surface area (Å²) < 4.78 is 5.95. The number of carbonyl (C=O) groups excluding carboxylic acids is 3. The van der Waals surface area contributed by atoms with Crippen molar-refractivity contribution in [1.82, 2.24) is 16.0 Å². The Bertz CT molecular complexity index is 1250. The molecule has 39 heavy (non-hydrogen) atoms. The first-order chi connectivity index (χ1) is 18.9. The average Bonchev–Trinajstić information content (AvgIpc) is 2.94. The maximum absolute atomic E-state index is 12.9. The van der Waals surface area contributed by atoms with Crippen LogP contribution in [0.1, 0.15) is 35.2 Å². The van der Waals surface area contributed by atoms with E-state index >= 15 is 0 Å². The molecule has 208 valence electrons. The molecule has 3 aromatic carbocycles. The number of nitrogens with one attached hydrogen (secondary N) is 3. The van der Waals surface area contributed by atoms with E-state index < -0.39 is 11.9 Å². The number of ether oxygens (including phenoxy) is 1. The predicted molar refractivity (Wildman–Crippen MR) is 149 cm³/mol. The number of hydrogen-bond donors (Lipinski definition) is 6. The van der Waals surface area contributed by atoms with Gasteiger partial charge in [0.05, 0.1) is 24.8 Å². The van der Waals surface area contributed by atoms with E-state index in [0.29, 0.717) is 56.7 Å². The van der Waals surface area contributed by atoms with Crippen LogP contribution in [-0.2, 0) is 16.0 Å². The number of aromatic hydroxyl groups is 1. The average molecular weight is 537 g/mol. The van der Waals surface area contributed by atoms with Gasteiger partial charge in [0.15, 0.2) is 0 Å². The molecule has 0 spiro atoms. The van der Waals surface area contributed by atoms with Crippen molar-refractivity contribution in [2.45, 2.75) is 31.7 Å². The van der Waals surface area contributed by atoms with Crippen LogP contribution >= 0.6 is 0 Å². The Morgan fingerprint density at radius 1 is 0.872 bits per heavy atom. The Morgan fingerprint density at radius 3 is 2.28 bits per heavy atom. The summed E-state index contributed by atoms with van der Waals surface area (Å²) in [6, 6.07) is 17.0. The zero-order valence-corrected chi connectivity index (χ0v) is 21.8. The summed E-state index contributed by atoms with van der Waals surface area (Å²) in [5.41, 5.74) is 7.18. The van der Waals surface area contributed by atoms with Crippen LogP contribution in [0.25, 0.3) is 10.8 Å². The molecular formula is C29H36N4O6. The Morgan fingerprint density at radius 2 is 1.56 bits per heavy atom. The lowest BCUT2D eigenvalue weighted by Crippen LogP contribution is -2.42. The molecule has 0 aromatic heterocycles. The molecule has 0 aliphatic heterocycles. The van der Waals surface area contributed by atoms with E-state index in [1.165, 1.54) is 0 Å². The molecule has 10 nitrogen and oxygen atoms in total. The third-order valence-electron chi connectivity index (χ3n) is 6.02. The van der Waals surface area contributed by atoms with Crippen LogP contribution in [-0.4, -0.2) is 66.8 Å². The molecule has 0 saturated heterocycles. The molecule has 0 heterocycles. The second-order valence-electron chi connectivity index (χ2n) is 9.13. The van der Waals surface area contributed by atoms with E-state index in [4.69, 9.17) is 15.6 Å². The third-order valence-corrected chi connectivity index (χ3v) is 6.02. The molecule has 0 fully saturated rings. The molecular weight excluding hydrogens is 500 g/mol. The van der Waals surface area contributed by atoms with Crippen LogP contribution < -0.4 is 26.4 Å². The van der Waals surface area contributed by atoms with Crippen LogP contribution in [0.15, 0.2) is 60.7 Å². The zero-order valence-electron chi connectivity index (χ0n) is 21.8. The van der Waals surface area contributed by atoms with Gasteiger partial charge in [-0.25, -0.2) is 0 Å². The summed E-state index contributed by atoms with van der Waals surface area (Å²) in [6.07, 6.45) is 2.10. The number of carbonyl (C=O) groups is 3. The van der Waals surface area contributed by atoms with E-state index in [-0.39, 0.29) is 30.7 Å². The van der Waals surface area contributed by atoms with Gasteiger partial charge in [-0.05, 0) is 66.3 Å². The largest absolute Gasteiger partial charge is 0.508 e. The summed E-state index contributed by atoms with van der Waals surface area (Å²) in [7, 11) is 0. The number of amides is 3. The first kappa shape index (κ1) is 29.4. The van der Waals surface area contributed by atoms with Crippen LogP contribution in [0.2, 0.25) is 0 Å². The molecule has 0 aliphatic rings. The molecule has 0 bridgehead atoms. The van der Waals surface area contributed by atoms with Crippen LogP contribution in [0, 0.1) is 0 Å². The van der Waals surface area contributed by atoms with Gasteiger partial charge < -0.3 is 36.6 Å². The topological polar surface area (TPSA) is 163 Å². The summed E-state index contributed by atoms with van der Waals surface area (Å²) in [6.45, 7) is 0.883. The minimum atomic E-state index is -0.693. The van der Waals surface area contributed by atoms with E-state index in [1.54, 1.807) is 36.4 Å². The van der Waals surface area contributed by atoms with Gasteiger partial charge in [0, 0.05) is 19.7 Å². The van der Waals surface area contributed by atoms with Crippen molar-refractivity contribution in [3.8, 4) is 11.5 Å². The lowest BCUT2D eigenvalue weighted by Gasteiger charge is -2.14. The number of phenolic OH excluding ortho intramolecular Hbond substituents is 1. The van der Waals surface area contributed by atoms with E-state index in [0.717, 1.165) is 16.3 Å². The molecule has 10 heteroatoms. The fourth-order valence-electron chi connectivity index (χ4n) is 3.87. The minimum Gasteiger partial charge on any atom is -0.508 e. The summed E-state index contributed by atoms with van der Waals surface area (Å²) in [5.74, 6) is -0.453. The fourth-order valence-corrected chi connectivity index (χ4v) is 3.87. The van der Waals surface area contributed by atoms with Gasteiger partial charge >= 0.3 is 0 Å². The number of nitrogens with two attached hydrogens (primary N) is 1. The zero-order chi connectivity index (χ0) is 28.0. The minimum absolute atomic E-state index is 0.0225. The Hall–Kier alpha value is -4.15. The monoisotopic (exact) mass is 536 g/mol. The Kier molecular flexibility index (Phi) is 11.5. The molecule has 1 atom stereocenters. The van der Waals surface area contributed by atoms with Crippen molar-refractivity contribution in [3.05, 3.63) is 71.8 Å². The lowest BCUT2D eigenvalue weighted by molar-refractivity contribution is -0.122. The van der Waals surface area contributed by atoms with Gasteiger partial charge in [0.1, 0.15) is 11.5 Å². The third kappa shape index (κ3) is 9.59. The van der Waals surface area contributed by atoms with Gasteiger partial charge in [-0.15, -0.1) is 0 Å². The molecule has 0 saturated carbocycles. The highest BCUT2D eigenvalue weighted by molar-refractivity contribution is 6.02. The number of unbranched alkanes of at least 4 members (excludes halogenated alkanes) is 1. The number of phenols is 1. The second kappa shape index (κ2) is 15.3. The van der Waals surface area contributed by atoms with E-state index in [2.05, 4.69) is 16.0 Å². The molecule has 0 aliphatic carbocycles. The van der Waals surface area contributed by atoms with Crippen LogP contribution in [0.4, 0.5) is 0 Å². The quantitative estimate of drug-likeness (QED) is 0.161. The SMILES string of the molecule is N[C@@H](Cc1ccc(O)cc1)C(=O)NCCCCOc1cc2ccccc2cc1C(=O)NCC(=O)NCCCO. The number of benzene rings is 3. The number of rotatable bonds is 15. The second-order valence-corrected chi connectivity index (χ2v) is 9.13. The van der Waals surface area contributed by atoms with Crippen molar-refractivity contribution >= 4 is 28.5 Å². The molecule has 3 rings (SSSR count). The lowest BCUT2D eigenvalue weighted by atomic mass is 10.1. The standard InChI is InChI=1S/C29H36N4O6/c30-25(16-20-8-10-23(35)11-9-20)29(38)32-12-3-4-15-39-26-18-22-7-2-1-6-21(22)17-24(26)28(37)33-19-27(36)31-13-5-14-34/h1-2,6-11,17-18,25,34-35H,3-5,12-16,19,30H2,(H,31,36)(H,32,38)(H,33,37)/t25-/m0/s1. The first-order valence-electron chi connectivity index (χ1n) is 13.0. The van der Waals surface area contributed by atoms with Crippen molar-refractivity contribution in [2.24, 2.45) is 5.73 Å². The first-order valence-corrected chi connectivity index (χ1v) is 13.0.